The SMILES string of the molecule is C[N+](C)=CCCCCCN1/C(=C/C=C/C=C/C2=[N+](C)c3ccccc3C2(C)C)C(C)(C)c2ccccc21. The third-order valence-corrected chi connectivity index (χ3v) is 8.05. The lowest BCUT2D eigenvalue weighted by Gasteiger charge is -2.27. The summed E-state index contributed by atoms with van der Waals surface area (Å²) in [7, 11) is 6.38. The maximum Gasteiger partial charge on any atom is 0.209 e. The normalized spacial score (nSPS) is 18.8. The standard InChI is InChI=1S/C34H45N3/c1-33(2)27-19-13-15-21-29(27)36(7)31(33)23-11-10-12-24-32-34(3,4)28-20-14-16-22-30(28)37(32)26-18-9-8-17-25-35(5)6/h10-16,19-25H,8-9,17-18,26H2,1-7H3/q+2. The van der Waals surface area contributed by atoms with E-state index in [4.69, 9.17) is 0 Å². The summed E-state index contributed by atoms with van der Waals surface area (Å²) in [6.45, 7) is 10.4. The van der Waals surface area contributed by atoms with E-state index in [0.717, 1.165) is 13.0 Å². The number of fused-ring (bicyclic) bond motifs is 2. The Balaban J connectivity index is 1.50. The van der Waals surface area contributed by atoms with E-state index >= 15 is 0 Å². The van der Waals surface area contributed by atoms with Gasteiger partial charge in [-0.05, 0) is 44.4 Å². The van der Waals surface area contributed by atoms with Crippen LogP contribution in [0.25, 0.3) is 0 Å². The van der Waals surface area contributed by atoms with E-state index in [-0.39, 0.29) is 10.8 Å². The molecule has 0 saturated carbocycles. The van der Waals surface area contributed by atoms with Gasteiger partial charge in [0.05, 0.1) is 5.41 Å². The van der Waals surface area contributed by atoms with Crippen LogP contribution in [0.5, 0.6) is 0 Å². The van der Waals surface area contributed by atoms with E-state index < -0.39 is 0 Å². The zero-order valence-corrected chi connectivity index (χ0v) is 24.0. The molecule has 0 aliphatic carbocycles. The Morgan fingerprint density at radius 1 is 0.811 bits per heavy atom. The van der Waals surface area contributed by atoms with Crippen LogP contribution in [0.15, 0.2) is 84.6 Å². The quantitative estimate of drug-likeness (QED) is 0.152. The molecule has 37 heavy (non-hydrogen) atoms. The first-order valence-electron chi connectivity index (χ1n) is 13.8. The van der Waals surface area contributed by atoms with Gasteiger partial charge >= 0.3 is 0 Å². The third kappa shape index (κ3) is 5.42. The molecule has 2 heterocycles. The van der Waals surface area contributed by atoms with Crippen molar-refractivity contribution < 1.29 is 9.15 Å². The Hall–Kier alpha value is -3.20. The molecule has 0 saturated heterocycles. The first-order chi connectivity index (χ1) is 17.7. The van der Waals surface area contributed by atoms with Crippen molar-refractivity contribution in [1.29, 1.82) is 0 Å². The average molecular weight is 496 g/mol. The molecule has 3 nitrogen and oxygen atoms in total. The van der Waals surface area contributed by atoms with Gasteiger partial charge in [-0.1, -0.05) is 74.9 Å². The van der Waals surface area contributed by atoms with E-state index in [0.29, 0.717) is 0 Å². The van der Waals surface area contributed by atoms with Gasteiger partial charge in [0.25, 0.3) is 0 Å². The van der Waals surface area contributed by atoms with Crippen LogP contribution in [-0.2, 0) is 10.8 Å². The maximum atomic E-state index is 2.55. The Bertz CT molecular complexity index is 1280. The Labute approximate surface area is 224 Å². The molecule has 0 atom stereocenters. The first kappa shape index (κ1) is 26.9. The summed E-state index contributed by atoms with van der Waals surface area (Å²) in [6.07, 6.45) is 18.3. The van der Waals surface area contributed by atoms with Crippen molar-refractivity contribution in [3.63, 3.8) is 0 Å². The summed E-state index contributed by atoms with van der Waals surface area (Å²) in [5, 5.41) is 0. The molecule has 0 unspecified atom stereocenters. The molecule has 2 aliphatic heterocycles. The fourth-order valence-electron chi connectivity index (χ4n) is 5.98. The smallest absolute Gasteiger partial charge is 0.209 e. The third-order valence-electron chi connectivity index (χ3n) is 8.05. The van der Waals surface area contributed by atoms with E-state index in [9.17, 15) is 0 Å². The van der Waals surface area contributed by atoms with Gasteiger partial charge in [0.2, 0.25) is 5.69 Å². The number of allylic oxidation sites excluding steroid dienone is 6. The number of rotatable bonds is 9. The average Bonchev–Trinajstić information content (AvgIpc) is 3.20. The molecular weight excluding hydrogens is 450 g/mol. The van der Waals surface area contributed by atoms with Gasteiger partial charge in [0, 0.05) is 47.5 Å². The topological polar surface area (TPSA) is 9.26 Å². The summed E-state index contributed by atoms with van der Waals surface area (Å²) >= 11 is 0. The van der Waals surface area contributed by atoms with Crippen LogP contribution in [0, 0.1) is 0 Å². The highest BCUT2D eigenvalue weighted by atomic mass is 15.2. The number of unbranched alkanes of at least 4 members (excludes halogenated alkanes) is 3. The first-order valence-corrected chi connectivity index (χ1v) is 13.8. The van der Waals surface area contributed by atoms with Crippen molar-refractivity contribution in [2.24, 2.45) is 0 Å². The second-order valence-electron chi connectivity index (χ2n) is 11.7. The van der Waals surface area contributed by atoms with Crippen molar-refractivity contribution in [3.8, 4) is 0 Å². The molecule has 0 amide bonds. The van der Waals surface area contributed by atoms with Crippen LogP contribution in [0.3, 0.4) is 0 Å². The van der Waals surface area contributed by atoms with Gasteiger partial charge < -0.3 is 4.90 Å². The molecule has 0 N–H and O–H groups in total. The molecule has 0 fully saturated rings. The number of hydrogen-bond acceptors (Lipinski definition) is 1. The molecule has 2 aromatic rings. The van der Waals surface area contributed by atoms with Crippen molar-refractivity contribution in [2.75, 3.05) is 32.6 Å². The molecule has 2 aromatic carbocycles. The monoisotopic (exact) mass is 495 g/mol. The predicted octanol–water partition coefficient (Wildman–Crippen LogP) is 7.39. The van der Waals surface area contributed by atoms with E-state index in [1.807, 2.05) is 0 Å². The summed E-state index contributed by atoms with van der Waals surface area (Å²) in [6, 6.07) is 17.7. The van der Waals surface area contributed by atoms with Gasteiger partial charge in [-0.2, -0.15) is 4.58 Å². The minimum atomic E-state index is -0.00654. The lowest BCUT2D eigenvalue weighted by molar-refractivity contribution is -0.460. The lowest BCUT2D eigenvalue weighted by atomic mass is 9.81. The van der Waals surface area contributed by atoms with Crippen LogP contribution in [0.1, 0.15) is 64.5 Å². The number of hydrogen-bond donors (Lipinski definition) is 0. The molecule has 0 bridgehead atoms. The summed E-state index contributed by atoms with van der Waals surface area (Å²) in [4.78, 5) is 2.55. The summed E-state index contributed by atoms with van der Waals surface area (Å²) in [5.74, 6) is 0. The van der Waals surface area contributed by atoms with Gasteiger partial charge in [-0.25, -0.2) is 4.58 Å². The molecule has 0 aromatic heterocycles. The van der Waals surface area contributed by atoms with Gasteiger partial charge in [0.15, 0.2) is 5.71 Å². The van der Waals surface area contributed by atoms with Crippen LogP contribution in [0.4, 0.5) is 11.4 Å². The lowest BCUT2D eigenvalue weighted by Crippen LogP contribution is -2.27. The largest absolute Gasteiger partial charge is 0.344 e. The molecule has 0 radical (unpaired) electrons. The van der Waals surface area contributed by atoms with Crippen LogP contribution < -0.4 is 4.90 Å². The van der Waals surface area contributed by atoms with E-state index in [2.05, 4.69) is 148 Å². The molecule has 194 valence electrons. The number of benzene rings is 2. The second kappa shape index (κ2) is 11.0. The minimum Gasteiger partial charge on any atom is -0.344 e. The zero-order valence-electron chi connectivity index (χ0n) is 24.0. The van der Waals surface area contributed by atoms with Gasteiger partial charge in [0.1, 0.15) is 27.4 Å². The van der Waals surface area contributed by atoms with Crippen LogP contribution >= 0.6 is 0 Å². The van der Waals surface area contributed by atoms with Gasteiger partial charge in [-0.3, -0.25) is 0 Å². The minimum absolute atomic E-state index is 0.00430. The number of nitrogens with zero attached hydrogens (tertiary/aromatic N) is 3. The Morgan fingerprint density at radius 3 is 2.24 bits per heavy atom. The molecule has 3 heteroatoms. The highest BCUT2D eigenvalue weighted by Crippen LogP contribution is 2.47. The van der Waals surface area contributed by atoms with Crippen molar-refractivity contribution in [1.82, 2.24) is 0 Å². The van der Waals surface area contributed by atoms with Crippen LogP contribution in [0.2, 0.25) is 0 Å². The van der Waals surface area contributed by atoms with E-state index in [1.54, 1.807) is 0 Å². The summed E-state index contributed by atoms with van der Waals surface area (Å²) in [5.41, 5.74) is 8.20. The van der Waals surface area contributed by atoms with E-state index in [1.165, 1.54) is 53.2 Å². The van der Waals surface area contributed by atoms with Gasteiger partial charge in [-0.15, -0.1) is 0 Å². The molecule has 0 spiro atoms. The fraction of sp³-hybridized carbons (Fsp3) is 0.412. The zero-order chi connectivity index (χ0) is 26.6. The number of para-hydroxylation sites is 2. The van der Waals surface area contributed by atoms with Crippen molar-refractivity contribution in [3.05, 3.63) is 95.7 Å². The second-order valence-corrected chi connectivity index (χ2v) is 11.7. The molecular formula is C34H45N3+2. The predicted molar refractivity (Wildman–Crippen MR) is 160 cm³/mol. The van der Waals surface area contributed by atoms with Crippen molar-refractivity contribution in [2.45, 2.75) is 64.2 Å². The molecule has 2 aliphatic rings. The van der Waals surface area contributed by atoms with Crippen LogP contribution in [-0.4, -0.2) is 48.8 Å². The van der Waals surface area contributed by atoms with Crippen molar-refractivity contribution >= 4 is 23.3 Å². The fourth-order valence-corrected chi connectivity index (χ4v) is 5.98. The summed E-state index contributed by atoms with van der Waals surface area (Å²) < 4.78 is 4.48. The Morgan fingerprint density at radius 2 is 1.51 bits per heavy atom. The highest BCUT2D eigenvalue weighted by Gasteiger charge is 2.42. The Kier molecular flexibility index (Phi) is 8.02. The number of anilines is 1. The highest BCUT2D eigenvalue weighted by molar-refractivity contribution is 6.03. The maximum absolute atomic E-state index is 2.55. The molecule has 4 rings (SSSR count).